The zero-order chi connectivity index (χ0) is 11.5. The summed E-state index contributed by atoms with van der Waals surface area (Å²) in [4.78, 5) is 10.7. The Morgan fingerprint density at radius 1 is 1.31 bits per heavy atom. The average molecular weight is 219 g/mol. The Morgan fingerprint density at radius 2 is 2.00 bits per heavy atom. The number of rotatable bonds is 2. The summed E-state index contributed by atoms with van der Waals surface area (Å²) < 4.78 is 0. The molecule has 0 radical (unpaired) electrons. The van der Waals surface area contributed by atoms with E-state index in [-0.39, 0.29) is 0 Å². The molecule has 86 valence electrons. The summed E-state index contributed by atoms with van der Waals surface area (Å²) in [5.41, 5.74) is 1.60. The van der Waals surface area contributed by atoms with Crippen LogP contribution in [0.5, 0.6) is 0 Å². The van der Waals surface area contributed by atoms with Crippen LogP contribution < -0.4 is 5.32 Å². The van der Waals surface area contributed by atoms with Crippen molar-refractivity contribution in [2.75, 3.05) is 13.1 Å². The second-order valence-electron chi connectivity index (χ2n) is 4.62. The molecule has 0 saturated carbocycles. The molecule has 2 N–H and O–H groups in total. The zero-order valence-electron chi connectivity index (χ0n) is 9.44. The van der Waals surface area contributed by atoms with Crippen LogP contribution in [-0.4, -0.2) is 24.2 Å². The molecule has 1 aliphatic heterocycles. The number of aromatic carboxylic acids is 1. The third-order valence-electron chi connectivity index (χ3n) is 3.20. The molecule has 0 bridgehead atoms. The van der Waals surface area contributed by atoms with Crippen LogP contribution in [-0.2, 0) is 0 Å². The van der Waals surface area contributed by atoms with Gasteiger partial charge in [-0.2, -0.15) is 0 Å². The SMILES string of the molecule is CC1CNCC(c2ccc(C(=O)O)cc2)C1. The summed E-state index contributed by atoms with van der Waals surface area (Å²) in [6.07, 6.45) is 1.18. The van der Waals surface area contributed by atoms with Gasteiger partial charge < -0.3 is 10.4 Å². The minimum absolute atomic E-state index is 0.362. The predicted octanol–water partition coefficient (Wildman–Crippen LogP) is 2.10. The van der Waals surface area contributed by atoms with E-state index in [9.17, 15) is 4.79 Å². The van der Waals surface area contributed by atoms with E-state index in [4.69, 9.17) is 5.11 Å². The van der Waals surface area contributed by atoms with Crippen LogP contribution in [0.1, 0.15) is 35.2 Å². The van der Waals surface area contributed by atoms with Crippen molar-refractivity contribution in [3.05, 3.63) is 35.4 Å². The lowest BCUT2D eigenvalue weighted by Gasteiger charge is -2.28. The number of hydrogen-bond donors (Lipinski definition) is 2. The Labute approximate surface area is 95.5 Å². The second kappa shape index (κ2) is 4.66. The first kappa shape index (κ1) is 11.1. The maximum Gasteiger partial charge on any atom is 0.335 e. The van der Waals surface area contributed by atoms with E-state index in [1.54, 1.807) is 12.1 Å². The predicted molar refractivity (Wildman–Crippen MR) is 62.8 cm³/mol. The number of benzene rings is 1. The Bertz CT molecular complexity index is 372. The first-order chi connectivity index (χ1) is 7.66. The number of nitrogens with one attached hydrogen (secondary N) is 1. The normalized spacial score (nSPS) is 25.3. The topological polar surface area (TPSA) is 49.3 Å². The lowest BCUT2D eigenvalue weighted by molar-refractivity contribution is 0.0697. The van der Waals surface area contributed by atoms with Crippen LogP contribution in [0, 0.1) is 5.92 Å². The van der Waals surface area contributed by atoms with Gasteiger partial charge in [0.2, 0.25) is 0 Å². The fraction of sp³-hybridized carbons (Fsp3) is 0.462. The third kappa shape index (κ3) is 2.42. The van der Waals surface area contributed by atoms with Crippen molar-refractivity contribution in [3.8, 4) is 0 Å². The third-order valence-corrected chi connectivity index (χ3v) is 3.20. The largest absolute Gasteiger partial charge is 0.478 e. The molecule has 2 unspecified atom stereocenters. The lowest BCUT2D eigenvalue weighted by Crippen LogP contribution is -2.33. The summed E-state index contributed by atoms with van der Waals surface area (Å²) in [6, 6.07) is 7.26. The van der Waals surface area contributed by atoms with Crippen LogP contribution >= 0.6 is 0 Å². The van der Waals surface area contributed by atoms with E-state index in [1.807, 2.05) is 12.1 Å². The van der Waals surface area contributed by atoms with Gasteiger partial charge in [-0.05, 0) is 42.5 Å². The summed E-state index contributed by atoms with van der Waals surface area (Å²) >= 11 is 0. The molecule has 1 fully saturated rings. The molecule has 0 aromatic heterocycles. The molecule has 0 spiro atoms. The van der Waals surface area contributed by atoms with E-state index in [0.29, 0.717) is 17.4 Å². The van der Waals surface area contributed by atoms with Gasteiger partial charge in [-0.15, -0.1) is 0 Å². The van der Waals surface area contributed by atoms with Crippen molar-refractivity contribution in [2.45, 2.75) is 19.3 Å². The molecule has 0 aliphatic carbocycles. The quantitative estimate of drug-likeness (QED) is 0.800. The van der Waals surface area contributed by atoms with Crippen molar-refractivity contribution in [2.24, 2.45) is 5.92 Å². The van der Waals surface area contributed by atoms with Gasteiger partial charge >= 0.3 is 5.97 Å². The van der Waals surface area contributed by atoms with Crippen molar-refractivity contribution >= 4 is 5.97 Å². The fourth-order valence-electron chi connectivity index (χ4n) is 2.31. The Kier molecular flexibility index (Phi) is 3.25. The van der Waals surface area contributed by atoms with E-state index < -0.39 is 5.97 Å². The van der Waals surface area contributed by atoms with Gasteiger partial charge in [0.15, 0.2) is 0 Å². The maximum absolute atomic E-state index is 10.7. The Balaban J connectivity index is 2.11. The van der Waals surface area contributed by atoms with Gasteiger partial charge in [0.05, 0.1) is 5.56 Å². The number of carboxylic acids is 1. The van der Waals surface area contributed by atoms with Gasteiger partial charge in [-0.1, -0.05) is 19.1 Å². The summed E-state index contributed by atoms with van der Waals surface area (Å²) in [5, 5.41) is 12.2. The van der Waals surface area contributed by atoms with Crippen LogP contribution in [0.2, 0.25) is 0 Å². The molecular weight excluding hydrogens is 202 g/mol. The van der Waals surface area contributed by atoms with Gasteiger partial charge in [0, 0.05) is 6.54 Å². The molecule has 1 aromatic carbocycles. The zero-order valence-corrected chi connectivity index (χ0v) is 9.44. The van der Waals surface area contributed by atoms with Gasteiger partial charge in [-0.3, -0.25) is 0 Å². The van der Waals surface area contributed by atoms with E-state index in [2.05, 4.69) is 12.2 Å². The molecule has 3 heteroatoms. The van der Waals surface area contributed by atoms with Crippen LogP contribution in [0.3, 0.4) is 0 Å². The monoisotopic (exact) mass is 219 g/mol. The van der Waals surface area contributed by atoms with Crippen LogP contribution in [0.4, 0.5) is 0 Å². The molecule has 1 saturated heterocycles. The number of hydrogen-bond acceptors (Lipinski definition) is 2. The minimum atomic E-state index is -0.860. The Hall–Kier alpha value is -1.35. The molecular formula is C13H17NO2. The smallest absolute Gasteiger partial charge is 0.335 e. The molecule has 2 atom stereocenters. The van der Waals surface area contributed by atoms with Gasteiger partial charge in [0.25, 0.3) is 0 Å². The first-order valence-corrected chi connectivity index (χ1v) is 5.71. The van der Waals surface area contributed by atoms with Crippen molar-refractivity contribution in [1.82, 2.24) is 5.32 Å². The highest BCUT2D eigenvalue weighted by atomic mass is 16.4. The average Bonchev–Trinajstić information content (AvgIpc) is 2.29. The fourth-order valence-corrected chi connectivity index (χ4v) is 2.31. The lowest BCUT2D eigenvalue weighted by atomic mass is 9.86. The van der Waals surface area contributed by atoms with E-state index in [1.165, 1.54) is 12.0 Å². The number of carbonyl (C=O) groups is 1. The van der Waals surface area contributed by atoms with Gasteiger partial charge in [-0.25, -0.2) is 4.79 Å². The number of piperidine rings is 1. The van der Waals surface area contributed by atoms with Crippen LogP contribution in [0.15, 0.2) is 24.3 Å². The first-order valence-electron chi connectivity index (χ1n) is 5.71. The Morgan fingerprint density at radius 3 is 2.56 bits per heavy atom. The molecule has 3 nitrogen and oxygen atoms in total. The molecule has 1 aromatic rings. The standard InChI is InChI=1S/C13H17NO2/c1-9-6-12(8-14-7-9)10-2-4-11(5-3-10)13(15)16/h2-5,9,12,14H,6-8H2,1H3,(H,15,16). The molecule has 1 aliphatic rings. The van der Waals surface area contributed by atoms with E-state index in [0.717, 1.165) is 13.1 Å². The second-order valence-corrected chi connectivity index (χ2v) is 4.62. The molecule has 0 amide bonds. The molecule has 16 heavy (non-hydrogen) atoms. The molecule has 2 rings (SSSR count). The van der Waals surface area contributed by atoms with Crippen molar-refractivity contribution < 1.29 is 9.90 Å². The highest BCUT2D eigenvalue weighted by molar-refractivity contribution is 5.87. The highest BCUT2D eigenvalue weighted by Crippen LogP contribution is 2.26. The summed E-state index contributed by atoms with van der Waals surface area (Å²) in [5.74, 6) is 0.353. The number of carboxylic acid groups (broad SMARTS) is 1. The highest BCUT2D eigenvalue weighted by Gasteiger charge is 2.19. The summed E-state index contributed by atoms with van der Waals surface area (Å²) in [6.45, 7) is 4.32. The molecule has 1 heterocycles. The van der Waals surface area contributed by atoms with Crippen molar-refractivity contribution in [3.63, 3.8) is 0 Å². The summed E-state index contributed by atoms with van der Waals surface area (Å²) in [7, 11) is 0. The van der Waals surface area contributed by atoms with Crippen molar-refractivity contribution in [1.29, 1.82) is 0 Å². The maximum atomic E-state index is 10.7. The minimum Gasteiger partial charge on any atom is -0.478 e. The van der Waals surface area contributed by atoms with Crippen LogP contribution in [0.25, 0.3) is 0 Å². The van der Waals surface area contributed by atoms with E-state index >= 15 is 0 Å². The van der Waals surface area contributed by atoms with Gasteiger partial charge in [0.1, 0.15) is 0 Å².